The number of hydrogen-bond donors (Lipinski definition) is 2. The molecule has 2 rings (SSSR count). The summed E-state index contributed by atoms with van der Waals surface area (Å²) in [6, 6.07) is 7.83. The number of aliphatic carboxylic acids is 1. The van der Waals surface area contributed by atoms with Crippen LogP contribution in [-0.2, 0) is 9.59 Å². The van der Waals surface area contributed by atoms with Gasteiger partial charge in [-0.05, 0) is 50.3 Å². The molecule has 0 aliphatic heterocycles. The quantitative estimate of drug-likeness (QED) is 0.810. The average molecular weight is 319 g/mol. The van der Waals surface area contributed by atoms with Crippen molar-refractivity contribution in [3.63, 3.8) is 0 Å². The van der Waals surface area contributed by atoms with Crippen LogP contribution < -0.4 is 10.1 Å². The zero-order valence-corrected chi connectivity index (χ0v) is 13.7. The minimum atomic E-state index is -0.797. The molecule has 3 atom stereocenters. The lowest BCUT2D eigenvalue weighted by molar-refractivity contribution is -0.141. The van der Waals surface area contributed by atoms with Crippen LogP contribution in [0.2, 0.25) is 0 Å². The maximum Gasteiger partial charge on any atom is 0.306 e. The molecule has 5 heteroatoms. The summed E-state index contributed by atoms with van der Waals surface area (Å²) in [5, 5.41) is 11.9. The fourth-order valence-electron chi connectivity index (χ4n) is 2.95. The second-order valence-corrected chi connectivity index (χ2v) is 6.25. The maximum atomic E-state index is 12.2. The summed E-state index contributed by atoms with van der Waals surface area (Å²) in [7, 11) is 0. The second-order valence-electron chi connectivity index (χ2n) is 6.25. The third-order valence-electron chi connectivity index (χ3n) is 4.40. The number of rotatable bonds is 7. The zero-order valence-electron chi connectivity index (χ0n) is 13.7. The normalized spacial score (nSPS) is 21.7. The van der Waals surface area contributed by atoms with E-state index < -0.39 is 5.97 Å². The third kappa shape index (κ3) is 4.98. The first-order valence-corrected chi connectivity index (χ1v) is 8.23. The van der Waals surface area contributed by atoms with Crippen LogP contribution in [0.15, 0.2) is 24.3 Å². The number of ether oxygens (including phenoxy) is 1. The number of hydrogen-bond acceptors (Lipinski definition) is 3. The summed E-state index contributed by atoms with van der Waals surface area (Å²) in [5.41, 5.74) is 1.13. The van der Waals surface area contributed by atoms with E-state index in [1.165, 1.54) is 0 Å². The molecule has 1 aromatic rings. The van der Waals surface area contributed by atoms with E-state index in [2.05, 4.69) is 5.32 Å². The SMILES string of the molecule is CCC(CNC(=O)[C@@H]1CC[C@H](C(=O)O)C1)Oc1cccc(C)c1. The number of carbonyl (C=O) groups is 2. The highest BCUT2D eigenvalue weighted by Gasteiger charge is 2.33. The van der Waals surface area contributed by atoms with Gasteiger partial charge in [-0.25, -0.2) is 0 Å². The van der Waals surface area contributed by atoms with Crippen molar-refractivity contribution in [3.05, 3.63) is 29.8 Å². The largest absolute Gasteiger partial charge is 0.489 e. The van der Waals surface area contributed by atoms with E-state index >= 15 is 0 Å². The van der Waals surface area contributed by atoms with E-state index in [4.69, 9.17) is 9.84 Å². The van der Waals surface area contributed by atoms with E-state index in [0.717, 1.165) is 17.7 Å². The van der Waals surface area contributed by atoms with Gasteiger partial charge in [0.15, 0.2) is 0 Å². The van der Waals surface area contributed by atoms with Gasteiger partial charge in [-0.15, -0.1) is 0 Å². The Bertz CT molecular complexity index is 558. The molecular formula is C18H25NO4. The van der Waals surface area contributed by atoms with Gasteiger partial charge in [0.25, 0.3) is 0 Å². The molecule has 0 aromatic heterocycles. The molecule has 126 valence electrons. The number of aryl methyl sites for hydroxylation is 1. The zero-order chi connectivity index (χ0) is 16.8. The van der Waals surface area contributed by atoms with Gasteiger partial charge >= 0.3 is 5.97 Å². The maximum absolute atomic E-state index is 12.2. The first kappa shape index (κ1) is 17.3. The summed E-state index contributed by atoms with van der Waals surface area (Å²) < 4.78 is 5.91. The molecule has 1 aliphatic rings. The van der Waals surface area contributed by atoms with E-state index in [1.54, 1.807) is 0 Å². The highest BCUT2D eigenvalue weighted by Crippen LogP contribution is 2.31. The molecule has 2 N–H and O–H groups in total. The first-order valence-electron chi connectivity index (χ1n) is 8.23. The Labute approximate surface area is 137 Å². The Kier molecular flexibility index (Phi) is 6.02. The molecule has 1 unspecified atom stereocenters. The Morgan fingerprint density at radius 2 is 2.09 bits per heavy atom. The Morgan fingerprint density at radius 3 is 2.70 bits per heavy atom. The summed E-state index contributed by atoms with van der Waals surface area (Å²) in [6.07, 6.45) is 2.38. The fourth-order valence-corrected chi connectivity index (χ4v) is 2.95. The van der Waals surface area contributed by atoms with E-state index in [-0.39, 0.29) is 23.8 Å². The highest BCUT2D eigenvalue weighted by atomic mass is 16.5. The number of carboxylic acids is 1. The van der Waals surface area contributed by atoms with Crippen molar-refractivity contribution < 1.29 is 19.4 Å². The van der Waals surface area contributed by atoms with Crippen LogP contribution in [0.3, 0.4) is 0 Å². The smallest absolute Gasteiger partial charge is 0.306 e. The van der Waals surface area contributed by atoms with Crippen molar-refractivity contribution in [2.45, 2.75) is 45.6 Å². The van der Waals surface area contributed by atoms with Crippen LogP contribution in [-0.4, -0.2) is 29.6 Å². The number of carbonyl (C=O) groups excluding carboxylic acids is 1. The van der Waals surface area contributed by atoms with Crippen LogP contribution in [0.25, 0.3) is 0 Å². The van der Waals surface area contributed by atoms with Crippen molar-refractivity contribution >= 4 is 11.9 Å². The van der Waals surface area contributed by atoms with Crippen LogP contribution in [0, 0.1) is 18.8 Å². The number of nitrogens with one attached hydrogen (secondary N) is 1. The van der Waals surface area contributed by atoms with Crippen LogP contribution in [0.5, 0.6) is 5.75 Å². The molecular weight excluding hydrogens is 294 g/mol. The lowest BCUT2D eigenvalue weighted by Crippen LogP contribution is -2.38. The Balaban J connectivity index is 1.81. The fraction of sp³-hybridized carbons (Fsp3) is 0.556. The molecule has 1 aromatic carbocycles. The third-order valence-corrected chi connectivity index (χ3v) is 4.40. The topological polar surface area (TPSA) is 75.6 Å². The van der Waals surface area contributed by atoms with E-state index in [1.807, 2.05) is 38.1 Å². The molecule has 0 spiro atoms. The summed E-state index contributed by atoms with van der Waals surface area (Å²) in [5.74, 6) is -0.615. The van der Waals surface area contributed by atoms with Crippen LogP contribution >= 0.6 is 0 Å². The predicted octanol–water partition coefficient (Wildman–Crippen LogP) is 2.77. The molecule has 0 bridgehead atoms. The lowest BCUT2D eigenvalue weighted by Gasteiger charge is -2.19. The van der Waals surface area contributed by atoms with Crippen LogP contribution in [0.1, 0.15) is 38.2 Å². The van der Waals surface area contributed by atoms with Crippen molar-refractivity contribution in [2.24, 2.45) is 11.8 Å². The van der Waals surface area contributed by atoms with E-state index in [9.17, 15) is 9.59 Å². The van der Waals surface area contributed by atoms with Gasteiger partial charge in [0, 0.05) is 5.92 Å². The molecule has 5 nitrogen and oxygen atoms in total. The van der Waals surface area contributed by atoms with Gasteiger partial charge in [0.1, 0.15) is 11.9 Å². The highest BCUT2D eigenvalue weighted by molar-refractivity contribution is 5.80. The number of benzene rings is 1. The van der Waals surface area contributed by atoms with Gasteiger partial charge in [-0.3, -0.25) is 9.59 Å². The van der Waals surface area contributed by atoms with Crippen molar-refractivity contribution in [1.82, 2.24) is 5.32 Å². The summed E-state index contributed by atoms with van der Waals surface area (Å²) >= 11 is 0. The molecule has 1 saturated carbocycles. The summed E-state index contributed by atoms with van der Waals surface area (Å²) in [4.78, 5) is 23.1. The monoisotopic (exact) mass is 319 g/mol. The molecule has 1 aliphatic carbocycles. The van der Waals surface area contributed by atoms with E-state index in [0.29, 0.717) is 25.8 Å². The van der Waals surface area contributed by atoms with Gasteiger partial charge in [-0.2, -0.15) is 0 Å². The lowest BCUT2D eigenvalue weighted by atomic mass is 10.0. The minimum Gasteiger partial charge on any atom is -0.489 e. The van der Waals surface area contributed by atoms with Crippen molar-refractivity contribution in [2.75, 3.05) is 6.54 Å². The molecule has 0 saturated heterocycles. The van der Waals surface area contributed by atoms with Gasteiger partial charge < -0.3 is 15.2 Å². The second kappa shape index (κ2) is 7.99. The number of carboxylic acid groups (broad SMARTS) is 1. The van der Waals surface area contributed by atoms with Crippen LogP contribution in [0.4, 0.5) is 0 Å². The average Bonchev–Trinajstić information content (AvgIpc) is 3.01. The molecule has 0 radical (unpaired) electrons. The molecule has 0 heterocycles. The Morgan fingerprint density at radius 1 is 1.35 bits per heavy atom. The van der Waals surface area contributed by atoms with Crippen molar-refractivity contribution in [3.8, 4) is 5.75 Å². The van der Waals surface area contributed by atoms with Gasteiger partial charge in [-0.1, -0.05) is 19.1 Å². The molecule has 1 amide bonds. The van der Waals surface area contributed by atoms with Gasteiger partial charge in [0.2, 0.25) is 5.91 Å². The molecule has 1 fully saturated rings. The number of amides is 1. The Hall–Kier alpha value is -2.04. The minimum absolute atomic E-state index is 0.0555. The molecule has 23 heavy (non-hydrogen) atoms. The standard InChI is InChI=1S/C18H25NO4/c1-3-15(23-16-6-4-5-12(2)9-16)11-19-17(20)13-7-8-14(10-13)18(21)22/h4-6,9,13-15H,3,7-8,10-11H2,1-2H3,(H,19,20)(H,21,22)/t13-,14+,15?/m1/s1. The van der Waals surface area contributed by atoms with Gasteiger partial charge in [0.05, 0.1) is 12.5 Å². The van der Waals surface area contributed by atoms with Crippen molar-refractivity contribution in [1.29, 1.82) is 0 Å². The predicted molar refractivity (Wildman–Crippen MR) is 87.4 cm³/mol. The first-order chi connectivity index (χ1) is 11.0. The summed E-state index contributed by atoms with van der Waals surface area (Å²) in [6.45, 7) is 4.47.